The lowest BCUT2D eigenvalue weighted by Gasteiger charge is -2.35. The number of ether oxygens (including phenoxy) is 4. The van der Waals surface area contributed by atoms with E-state index in [0.717, 1.165) is 0 Å². The van der Waals surface area contributed by atoms with E-state index in [4.69, 9.17) is 31.9 Å². The van der Waals surface area contributed by atoms with Crippen LogP contribution in [0.3, 0.4) is 0 Å². The summed E-state index contributed by atoms with van der Waals surface area (Å²) in [5, 5.41) is 9.75. The molecule has 0 aromatic rings. The highest BCUT2D eigenvalue weighted by Gasteiger charge is 2.41. The number of carboxylic acids is 1. The molecule has 2 N–H and O–H groups in total. The normalized spacial score (nSPS) is 12.5. The van der Waals surface area contributed by atoms with Crippen LogP contribution in [0.4, 0.5) is 0 Å². The second-order valence-electron chi connectivity index (χ2n) is 9.11. The molecule has 0 unspecified atom stereocenters. The maximum atomic E-state index is 12.5. The molecule has 0 aromatic heterocycles. The first kappa shape index (κ1) is 32.3. The number of nitrogens with one attached hydrogen (secondary N) is 1. The number of hydrogen-bond donors (Lipinski definition) is 2. The molecule has 0 spiro atoms. The van der Waals surface area contributed by atoms with E-state index < -0.39 is 82.3 Å². The highest BCUT2D eigenvalue weighted by molar-refractivity contribution is 9.10. The van der Waals surface area contributed by atoms with Crippen LogP contribution < -0.4 is 5.32 Å². The highest BCUT2D eigenvalue weighted by atomic mass is 79.9. The molecule has 0 aromatic carbocycles. The number of hydrogen-bond acceptors (Lipinski definition) is 9. The summed E-state index contributed by atoms with van der Waals surface area (Å²) in [4.78, 5) is 60.0. The standard InChI is InChI=1S/C20H30BBr2NO10/c1-17(2,21)14(28)32-9-20(10-33-15(29)18(3,4)22,11-34-16(30)19(5,6)23)24-12(25)7-31-8-13(26)27/h7-11H2,1-6H3,(H,24,25)(H,26,27). The Hall–Kier alpha value is -1.67. The van der Waals surface area contributed by atoms with Gasteiger partial charge in [-0.25, -0.2) is 4.79 Å². The number of carbonyl (C=O) groups excluding carboxylic acids is 4. The van der Waals surface area contributed by atoms with Gasteiger partial charge in [-0.3, -0.25) is 19.2 Å². The summed E-state index contributed by atoms with van der Waals surface area (Å²) in [5.41, 5.74) is -1.74. The molecule has 34 heavy (non-hydrogen) atoms. The van der Waals surface area contributed by atoms with Crippen molar-refractivity contribution in [2.45, 2.75) is 61.0 Å². The fourth-order valence-electron chi connectivity index (χ4n) is 1.94. The van der Waals surface area contributed by atoms with Gasteiger partial charge in [0, 0.05) is 5.31 Å². The van der Waals surface area contributed by atoms with Gasteiger partial charge in [0.1, 0.15) is 47.2 Å². The topological polar surface area (TPSA) is 155 Å². The average Bonchev–Trinajstić information content (AvgIpc) is 2.65. The van der Waals surface area contributed by atoms with Gasteiger partial charge in [0.25, 0.3) is 0 Å². The van der Waals surface area contributed by atoms with Crippen molar-refractivity contribution < 1.29 is 48.0 Å². The van der Waals surface area contributed by atoms with Gasteiger partial charge in [-0.1, -0.05) is 45.7 Å². The fraction of sp³-hybridized carbons (Fsp3) is 0.750. The van der Waals surface area contributed by atoms with Crippen molar-refractivity contribution in [2.24, 2.45) is 0 Å². The van der Waals surface area contributed by atoms with E-state index in [-0.39, 0.29) is 0 Å². The summed E-state index contributed by atoms with van der Waals surface area (Å²) < 4.78 is 18.4. The van der Waals surface area contributed by atoms with Crippen molar-refractivity contribution in [1.29, 1.82) is 0 Å². The van der Waals surface area contributed by atoms with Gasteiger partial charge in [0.15, 0.2) is 0 Å². The Morgan fingerprint density at radius 2 is 1.15 bits per heavy atom. The lowest BCUT2D eigenvalue weighted by molar-refractivity contribution is -0.162. The number of carbonyl (C=O) groups is 5. The molecule has 11 nitrogen and oxygen atoms in total. The Balaban J connectivity index is 5.93. The van der Waals surface area contributed by atoms with Gasteiger partial charge >= 0.3 is 23.9 Å². The van der Waals surface area contributed by atoms with E-state index in [1.807, 2.05) is 0 Å². The number of rotatable bonds is 14. The molecule has 0 aliphatic heterocycles. The van der Waals surface area contributed by atoms with Crippen molar-refractivity contribution in [2.75, 3.05) is 33.0 Å². The van der Waals surface area contributed by atoms with Gasteiger partial charge in [-0.05, 0) is 27.7 Å². The summed E-state index contributed by atoms with van der Waals surface area (Å²) in [7, 11) is 5.74. The van der Waals surface area contributed by atoms with Gasteiger partial charge in [0.2, 0.25) is 5.91 Å². The predicted molar refractivity (Wildman–Crippen MR) is 128 cm³/mol. The van der Waals surface area contributed by atoms with Crippen LogP contribution in [-0.2, 0) is 42.9 Å². The molecular formula is C20H30BBr2NO10. The molecule has 0 aliphatic carbocycles. The number of esters is 3. The summed E-state index contributed by atoms with van der Waals surface area (Å²) in [6.07, 6.45) is 0. The zero-order chi connectivity index (χ0) is 27.0. The molecule has 2 radical (unpaired) electrons. The molecular weight excluding hydrogens is 585 g/mol. The molecule has 0 rings (SSSR count). The van der Waals surface area contributed by atoms with Crippen LogP contribution in [0.5, 0.6) is 0 Å². The number of carboxylic acid groups (broad SMARTS) is 1. The fourth-order valence-corrected chi connectivity index (χ4v) is 2.17. The Morgan fingerprint density at radius 3 is 1.47 bits per heavy atom. The Bertz CT molecular complexity index is 695. The van der Waals surface area contributed by atoms with Crippen molar-refractivity contribution in [3.8, 4) is 0 Å². The second kappa shape index (κ2) is 12.9. The first-order valence-corrected chi connectivity index (χ1v) is 11.6. The van der Waals surface area contributed by atoms with Crippen molar-refractivity contribution in [3.63, 3.8) is 0 Å². The molecule has 0 saturated heterocycles. The average molecular weight is 615 g/mol. The maximum Gasteiger partial charge on any atom is 0.329 e. The molecule has 0 atom stereocenters. The zero-order valence-electron chi connectivity index (χ0n) is 20.0. The molecule has 1 amide bonds. The highest BCUT2D eigenvalue weighted by Crippen LogP contribution is 2.24. The minimum Gasteiger partial charge on any atom is -0.480 e. The van der Waals surface area contributed by atoms with Gasteiger partial charge in [0.05, 0.1) is 7.85 Å². The van der Waals surface area contributed by atoms with E-state index in [1.54, 1.807) is 0 Å². The Labute approximate surface area is 216 Å². The van der Waals surface area contributed by atoms with Crippen LogP contribution in [0.25, 0.3) is 0 Å². The lowest BCUT2D eigenvalue weighted by Crippen LogP contribution is -2.60. The number of halogens is 2. The number of alkyl halides is 2. The van der Waals surface area contributed by atoms with E-state index in [9.17, 15) is 24.0 Å². The number of amides is 1. The summed E-state index contributed by atoms with van der Waals surface area (Å²) in [6, 6.07) is 0. The van der Waals surface area contributed by atoms with Crippen LogP contribution in [0.2, 0.25) is 5.31 Å². The van der Waals surface area contributed by atoms with Crippen LogP contribution in [0, 0.1) is 0 Å². The summed E-state index contributed by atoms with van der Waals surface area (Å²) in [6.45, 7) is 5.75. The van der Waals surface area contributed by atoms with Crippen LogP contribution in [0.1, 0.15) is 41.5 Å². The van der Waals surface area contributed by atoms with Crippen molar-refractivity contribution in [3.05, 3.63) is 0 Å². The van der Waals surface area contributed by atoms with Crippen molar-refractivity contribution >= 4 is 69.5 Å². The molecule has 0 aliphatic rings. The molecule has 0 bridgehead atoms. The smallest absolute Gasteiger partial charge is 0.329 e. The minimum atomic E-state index is -1.74. The third kappa shape index (κ3) is 12.7. The predicted octanol–water partition coefficient (Wildman–Crippen LogP) is 1.29. The quantitative estimate of drug-likeness (QED) is 0.127. The van der Waals surface area contributed by atoms with Crippen LogP contribution >= 0.6 is 31.9 Å². The Morgan fingerprint density at radius 1 is 0.765 bits per heavy atom. The van der Waals surface area contributed by atoms with Crippen LogP contribution in [0.15, 0.2) is 0 Å². The third-order valence-corrected chi connectivity index (χ3v) is 4.45. The van der Waals surface area contributed by atoms with E-state index in [2.05, 4.69) is 37.2 Å². The summed E-state index contributed by atoms with van der Waals surface area (Å²) >= 11 is 6.31. The number of aliphatic carboxylic acids is 1. The molecule has 14 heteroatoms. The molecule has 0 heterocycles. The Kier molecular flexibility index (Phi) is 12.2. The molecule has 192 valence electrons. The summed E-state index contributed by atoms with van der Waals surface area (Å²) in [5.74, 6) is -4.41. The first-order chi connectivity index (χ1) is 15.2. The van der Waals surface area contributed by atoms with E-state index >= 15 is 0 Å². The van der Waals surface area contributed by atoms with Gasteiger partial charge in [-0.15, -0.1) is 0 Å². The van der Waals surface area contributed by atoms with Crippen LogP contribution in [-0.4, -0.2) is 90.0 Å². The zero-order valence-corrected chi connectivity index (χ0v) is 23.2. The second-order valence-corrected chi connectivity index (χ2v) is 13.1. The van der Waals surface area contributed by atoms with Crippen molar-refractivity contribution in [1.82, 2.24) is 5.32 Å². The molecule has 0 saturated carbocycles. The molecule has 0 fully saturated rings. The first-order valence-electron chi connectivity index (χ1n) is 9.98. The van der Waals surface area contributed by atoms with E-state index in [1.165, 1.54) is 41.5 Å². The van der Waals surface area contributed by atoms with Gasteiger partial charge in [-0.2, -0.15) is 0 Å². The monoisotopic (exact) mass is 613 g/mol. The minimum absolute atomic E-state index is 0.570. The third-order valence-electron chi connectivity index (χ3n) is 3.80. The van der Waals surface area contributed by atoms with E-state index in [0.29, 0.717) is 0 Å². The largest absolute Gasteiger partial charge is 0.480 e. The van der Waals surface area contributed by atoms with Gasteiger partial charge < -0.3 is 29.4 Å². The SMILES string of the molecule is [B]C(C)(C)C(=O)OCC(COC(=O)C(C)(C)Br)(COC(=O)C(C)(C)Br)NC(=O)COCC(=O)O. The lowest BCUT2D eigenvalue weighted by atomic mass is 9.73. The maximum absolute atomic E-state index is 12.5.